The van der Waals surface area contributed by atoms with Gasteiger partial charge in [0.25, 0.3) is 5.91 Å². The lowest BCUT2D eigenvalue weighted by atomic mass is 10.1. The number of hydrogen-bond donors (Lipinski definition) is 1. The lowest BCUT2D eigenvalue weighted by molar-refractivity contribution is 0.0936. The maximum absolute atomic E-state index is 12.6. The quantitative estimate of drug-likeness (QED) is 0.807. The van der Waals surface area contributed by atoms with Crippen LogP contribution in [0.2, 0.25) is 0 Å². The normalized spacial score (nSPS) is 12.9. The van der Waals surface area contributed by atoms with Crippen LogP contribution >= 0.6 is 15.9 Å². The molecule has 0 aliphatic carbocycles. The Morgan fingerprint density at radius 3 is 2.33 bits per heavy atom. The summed E-state index contributed by atoms with van der Waals surface area (Å²) in [5.41, 5.74) is 1.11. The van der Waals surface area contributed by atoms with E-state index in [0.29, 0.717) is 0 Å². The van der Waals surface area contributed by atoms with E-state index < -0.39 is 21.0 Å². The van der Waals surface area contributed by atoms with Crippen LogP contribution < -0.4 is 5.32 Å². The van der Waals surface area contributed by atoms with Crippen LogP contribution in [0.5, 0.6) is 0 Å². The van der Waals surface area contributed by atoms with E-state index in [2.05, 4.69) is 21.2 Å². The Balaban J connectivity index is 2.31. The van der Waals surface area contributed by atoms with Crippen molar-refractivity contribution in [3.63, 3.8) is 0 Å². The summed E-state index contributed by atoms with van der Waals surface area (Å²) in [6.07, 6.45) is 0. The molecule has 2 rings (SSSR count). The summed E-state index contributed by atoms with van der Waals surface area (Å²) in [6.45, 7) is 5.07. The molecule has 0 aliphatic heterocycles. The molecule has 0 aromatic heterocycles. The Morgan fingerprint density at radius 1 is 1.04 bits per heavy atom. The van der Waals surface area contributed by atoms with Gasteiger partial charge in [-0.2, -0.15) is 0 Å². The van der Waals surface area contributed by atoms with E-state index in [0.717, 1.165) is 10.0 Å². The highest BCUT2D eigenvalue weighted by Gasteiger charge is 2.25. The second-order valence-electron chi connectivity index (χ2n) is 5.84. The van der Waals surface area contributed by atoms with Gasteiger partial charge in [0.15, 0.2) is 9.84 Å². The molecule has 0 spiro atoms. The number of sulfone groups is 1. The second-order valence-corrected chi connectivity index (χ2v) is 9.23. The smallest absolute Gasteiger partial charge is 0.253 e. The Kier molecular flexibility index (Phi) is 5.83. The van der Waals surface area contributed by atoms with Crippen molar-refractivity contribution in [1.29, 1.82) is 0 Å². The molecule has 2 aromatic rings. The van der Waals surface area contributed by atoms with Gasteiger partial charge in [-0.1, -0.05) is 40.2 Å². The molecule has 0 fully saturated rings. The summed E-state index contributed by atoms with van der Waals surface area (Å²) in [4.78, 5) is 12.7. The molecule has 128 valence electrons. The molecule has 0 saturated carbocycles. The first-order chi connectivity index (χ1) is 11.2. The third-order valence-corrected chi connectivity index (χ3v) is 6.46. The van der Waals surface area contributed by atoms with Gasteiger partial charge >= 0.3 is 0 Å². The highest BCUT2D eigenvalue weighted by molar-refractivity contribution is 9.10. The molecule has 0 saturated heterocycles. The predicted octanol–water partition coefficient (Wildman–Crippen LogP) is 4.12. The Hall–Kier alpha value is -1.66. The number of benzene rings is 2. The van der Waals surface area contributed by atoms with Gasteiger partial charge in [-0.3, -0.25) is 4.79 Å². The summed E-state index contributed by atoms with van der Waals surface area (Å²) in [7, 11) is -3.53. The van der Waals surface area contributed by atoms with Gasteiger partial charge in [0.1, 0.15) is 0 Å². The average Bonchev–Trinajstić information content (AvgIpc) is 2.54. The van der Waals surface area contributed by atoms with Crippen molar-refractivity contribution in [2.45, 2.75) is 37.0 Å². The van der Waals surface area contributed by atoms with Gasteiger partial charge in [0.2, 0.25) is 0 Å². The zero-order valence-corrected chi connectivity index (χ0v) is 16.2. The van der Waals surface area contributed by atoms with Crippen LogP contribution in [0.3, 0.4) is 0 Å². The molecule has 0 heterocycles. The van der Waals surface area contributed by atoms with E-state index in [1.807, 2.05) is 31.2 Å². The van der Waals surface area contributed by atoms with Crippen molar-refractivity contribution in [1.82, 2.24) is 5.32 Å². The maximum Gasteiger partial charge on any atom is 0.253 e. The van der Waals surface area contributed by atoms with E-state index in [1.54, 1.807) is 26.0 Å². The number of nitrogens with one attached hydrogen (secondary N) is 1. The first-order valence-corrected chi connectivity index (χ1v) is 9.96. The summed E-state index contributed by atoms with van der Waals surface area (Å²) in [5, 5.41) is 2.28. The predicted molar refractivity (Wildman–Crippen MR) is 98.8 cm³/mol. The van der Waals surface area contributed by atoms with Gasteiger partial charge < -0.3 is 5.32 Å². The van der Waals surface area contributed by atoms with Crippen molar-refractivity contribution in [3.05, 3.63) is 64.1 Å². The molecule has 0 radical (unpaired) electrons. The number of amides is 1. The Labute approximate surface area is 151 Å². The van der Waals surface area contributed by atoms with Crippen molar-refractivity contribution in [2.75, 3.05) is 0 Å². The molecule has 1 amide bonds. The van der Waals surface area contributed by atoms with Crippen molar-refractivity contribution in [2.24, 2.45) is 0 Å². The van der Waals surface area contributed by atoms with Crippen molar-refractivity contribution < 1.29 is 13.2 Å². The zero-order valence-electron chi connectivity index (χ0n) is 13.8. The molecule has 24 heavy (non-hydrogen) atoms. The molecule has 0 unspecified atom stereocenters. The molecular weight excluding hydrogens is 390 g/mol. The third kappa shape index (κ3) is 4.05. The van der Waals surface area contributed by atoms with Gasteiger partial charge in [-0.05, 0) is 50.6 Å². The van der Waals surface area contributed by atoms with E-state index in [4.69, 9.17) is 0 Å². The highest BCUT2D eigenvalue weighted by Crippen LogP contribution is 2.22. The number of carbonyl (C=O) groups excluding carboxylic acids is 1. The molecule has 0 aliphatic rings. The molecule has 6 heteroatoms. The van der Waals surface area contributed by atoms with E-state index in [1.165, 1.54) is 12.1 Å². The van der Waals surface area contributed by atoms with Crippen LogP contribution in [0.1, 0.15) is 42.7 Å². The fourth-order valence-electron chi connectivity index (χ4n) is 2.29. The van der Waals surface area contributed by atoms with E-state index in [9.17, 15) is 13.2 Å². The second kappa shape index (κ2) is 7.49. The summed E-state index contributed by atoms with van der Waals surface area (Å²) in [6, 6.07) is 13.7. The summed E-state index contributed by atoms with van der Waals surface area (Å²) in [5.74, 6) is -0.401. The first kappa shape index (κ1) is 18.7. The number of rotatable bonds is 5. The summed E-state index contributed by atoms with van der Waals surface area (Å²) >= 11 is 3.40. The van der Waals surface area contributed by atoms with Crippen molar-refractivity contribution >= 4 is 31.7 Å². The molecular formula is C18H20BrNO3S. The molecule has 2 aromatic carbocycles. The highest BCUT2D eigenvalue weighted by atomic mass is 79.9. The minimum Gasteiger partial charge on any atom is -0.345 e. The van der Waals surface area contributed by atoms with Gasteiger partial charge in [0.05, 0.1) is 21.8 Å². The Morgan fingerprint density at radius 2 is 1.71 bits per heavy atom. The summed E-state index contributed by atoms with van der Waals surface area (Å²) < 4.78 is 25.9. The van der Waals surface area contributed by atoms with Gasteiger partial charge in [0, 0.05) is 4.47 Å². The maximum atomic E-state index is 12.6. The Bertz CT molecular complexity index is 847. The molecule has 4 nitrogen and oxygen atoms in total. The van der Waals surface area contributed by atoms with E-state index >= 15 is 0 Å². The largest absolute Gasteiger partial charge is 0.345 e. The zero-order chi connectivity index (χ0) is 17.9. The number of hydrogen-bond acceptors (Lipinski definition) is 3. The van der Waals surface area contributed by atoms with Crippen LogP contribution in [0, 0.1) is 0 Å². The minimum absolute atomic E-state index is 0.0685. The monoisotopic (exact) mass is 409 g/mol. The minimum atomic E-state index is -3.53. The average molecular weight is 410 g/mol. The third-order valence-electron chi connectivity index (χ3n) is 3.76. The molecule has 1 N–H and O–H groups in total. The standard InChI is InChI=1S/C18H20BrNO3S/c1-12(2)24(22,23)17-10-5-4-9-16(17)18(21)20-13(3)14-7-6-8-15(19)11-14/h4-13H,1-3H3,(H,20,21)/t13-/m0/s1. The van der Waals surface area contributed by atoms with Gasteiger partial charge in [-0.15, -0.1) is 0 Å². The van der Waals surface area contributed by atoms with Gasteiger partial charge in [-0.25, -0.2) is 8.42 Å². The fraction of sp³-hybridized carbons (Fsp3) is 0.278. The number of carbonyl (C=O) groups is 1. The molecule has 0 bridgehead atoms. The van der Waals surface area contributed by atoms with Crippen LogP contribution in [0.4, 0.5) is 0 Å². The topological polar surface area (TPSA) is 63.2 Å². The van der Waals surface area contributed by atoms with Crippen molar-refractivity contribution in [3.8, 4) is 0 Å². The SMILES string of the molecule is CC(C)S(=O)(=O)c1ccccc1C(=O)N[C@@H](C)c1cccc(Br)c1. The van der Waals surface area contributed by atoms with Crippen LogP contribution in [0.25, 0.3) is 0 Å². The lowest BCUT2D eigenvalue weighted by Gasteiger charge is -2.17. The first-order valence-electron chi connectivity index (χ1n) is 7.62. The van der Waals surface area contributed by atoms with Crippen LogP contribution in [-0.2, 0) is 9.84 Å². The van der Waals surface area contributed by atoms with Crippen LogP contribution in [-0.4, -0.2) is 19.6 Å². The van der Waals surface area contributed by atoms with E-state index in [-0.39, 0.29) is 16.5 Å². The van der Waals surface area contributed by atoms with Crippen LogP contribution in [0.15, 0.2) is 57.9 Å². The fourth-order valence-corrected chi connectivity index (χ4v) is 3.95. The lowest BCUT2D eigenvalue weighted by Crippen LogP contribution is -2.29. The number of halogens is 1. The molecule has 1 atom stereocenters.